The Kier molecular flexibility index (Phi) is 4.69. The number of rotatable bonds is 3. The number of nitrogens with two attached hydrogens (primary N) is 1. The predicted octanol–water partition coefficient (Wildman–Crippen LogP) is 4.36. The molecule has 0 bridgehead atoms. The summed E-state index contributed by atoms with van der Waals surface area (Å²) in [6, 6.07) is 3.08. The normalized spacial score (nSPS) is 28.2. The Labute approximate surface area is 121 Å². The Bertz CT molecular complexity index is 472. The van der Waals surface area contributed by atoms with E-state index in [1.165, 1.54) is 12.5 Å². The number of hydrogen-bond donors (Lipinski definition) is 1. The van der Waals surface area contributed by atoms with Crippen LogP contribution in [0.25, 0.3) is 0 Å². The molecule has 3 unspecified atom stereocenters. The van der Waals surface area contributed by atoms with Gasteiger partial charge in [-0.25, -0.2) is 4.39 Å². The quantitative estimate of drug-likeness (QED) is 0.892. The van der Waals surface area contributed by atoms with Gasteiger partial charge in [0.1, 0.15) is 11.6 Å². The molecule has 0 saturated heterocycles. The minimum absolute atomic E-state index is 0.213. The smallest absolute Gasteiger partial charge is 0.126 e. The Morgan fingerprint density at radius 2 is 1.95 bits per heavy atom. The topological polar surface area (TPSA) is 35.2 Å². The molecule has 1 aromatic carbocycles. The summed E-state index contributed by atoms with van der Waals surface area (Å²) >= 11 is 0. The molecule has 2 nitrogen and oxygen atoms in total. The van der Waals surface area contributed by atoms with Gasteiger partial charge < -0.3 is 10.5 Å². The van der Waals surface area contributed by atoms with Gasteiger partial charge in [-0.2, -0.15) is 0 Å². The number of ether oxygens (including phenoxy) is 1. The summed E-state index contributed by atoms with van der Waals surface area (Å²) in [5.74, 6) is 1.98. The summed E-state index contributed by atoms with van der Waals surface area (Å²) in [6.45, 7) is 8.21. The summed E-state index contributed by atoms with van der Waals surface area (Å²) in [7, 11) is 0. The monoisotopic (exact) mass is 279 g/mol. The van der Waals surface area contributed by atoms with Gasteiger partial charge >= 0.3 is 0 Å². The molecular formula is C17H26FNO. The number of benzene rings is 1. The fourth-order valence-electron chi connectivity index (χ4n) is 2.91. The minimum atomic E-state index is -0.222. The first-order valence-corrected chi connectivity index (χ1v) is 7.60. The molecule has 0 radical (unpaired) electrons. The molecule has 112 valence electrons. The van der Waals surface area contributed by atoms with E-state index in [9.17, 15) is 4.39 Å². The Hall–Kier alpha value is -1.09. The van der Waals surface area contributed by atoms with Crippen LogP contribution in [0.5, 0.6) is 5.75 Å². The molecule has 20 heavy (non-hydrogen) atoms. The summed E-state index contributed by atoms with van der Waals surface area (Å²) in [6.07, 6.45) is 3.55. The maximum Gasteiger partial charge on any atom is 0.126 e. The van der Waals surface area contributed by atoms with Gasteiger partial charge in [-0.15, -0.1) is 0 Å². The zero-order valence-electron chi connectivity index (χ0n) is 12.9. The second kappa shape index (κ2) is 6.13. The van der Waals surface area contributed by atoms with Gasteiger partial charge in [0.15, 0.2) is 0 Å². The van der Waals surface area contributed by atoms with Crippen molar-refractivity contribution in [2.45, 2.75) is 59.1 Å². The van der Waals surface area contributed by atoms with Crippen LogP contribution in [0.4, 0.5) is 4.39 Å². The van der Waals surface area contributed by atoms with Crippen LogP contribution >= 0.6 is 0 Å². The summed E-state index contributed by atoms with van der Waals surface area (Å²) in [5.41, 5.74) is 7.32. The van der Waals surface area contributed by atoms with Gasteiger partial charge in [-0.3, -0.25) is 0 Å². The minimum Gasteiger partial charge on any atom is -0.490 e. The first-order chi connectivity index (χ1) is 9.38. The highest BCUT2D eigenvalue weighted by Gasteiger charge is 2.26. The lowest BCUT2D eigenvalue weighted by molar-refractivity contribution is 0.0992. The molecule has 1 saturated carbocycles. The van der Waals surface area contributed by atoms with Crippen LogP contribution in [0.1, 0.15) is 57.2 Å². The van der Waals surface area contributed by atoms with Gasteiger partial charge in [0.05, 0.1) is 6.10 Å². The zero-order chi connectivity index (χ0) is 14.9. The van der Waals surface area contributed by atoms with E-state index in [1.54, 1.807) is 13.0 Å². The van der Waals surface area contributed by atoms with E-state index in [-0.39, 0.29) is 18.0 Å². The third kappa shape index (κ3) is 3.32. The van der Waals surface area contributed by atoms with E-state index in [4.69, 9.17) is 10.5 Å². The fourth-order valence-corrected chi connectivity index (χ4v) is 2.91. The average molecular weight is 279 g/mol. The highest BCUT2D eigenvalue weighted by atomic mass is 19.1. The highest BCUT2D eigenvalue weighted by molar-refractivity contribution is 5.40. The van der Waals surface area contributed by atoms with Gasteiger partial charge in [-0.05, 0) is 62.6 Å². The lowest BCUT2D eigenvalue weighted by atomic mass is 9.80. The molecular weight excluding hydrogens is 253 g/mol. The van der Waals surface area contributed by atoms with Crippen LogP contribution in [-0.2, 0) is 0 Å². The molecule has 0 spiro atoms. The van der Waals surface area contributed by atoms with E-state index in [0.717, 1.165) is 30.1 Å². The van der Waals surface area contributed by atoms with Crippen LogP contribution in [0, 0.1) is 24.6 Å². The van der Waals surface area contributed by atoms with Crippen molar-refractivity contribution in [2.75, 3.05) is 0 Å². The van der Waals surface area contributed by atoms with Gasteiger partial charge in [0, 0.05) is 11.6 Å². The Morgan fingerprint density at radius 3 is 2.55 bits per heavy atom. The standard InChI is InChI=1S/C17H26FNO/c1-10-5-6-14(7-11(10)2)20-17-8-12(3)16(18)9-15(17)13(4)19/h8-11,13-14H,5-7,19H2,1-4H3/t10?,11?,13-,14?/m1/s1. The van der Waals surface area contributed by atoms with Crippen molar-refractivity contribution in [3.05, 3.63) is 29.1 Å². The summed E-state index contributed by atoms with van der Waals surface area (Å²) in [5, 5.41) is 0. The van der Waals surface area contributed by atoms with Gasteiger partial charge in [-0.1, -0.05) is 13.8 Å². The van der Waals surface area contributed by atoms with Crippen molar-refractivity contribution in [1.29, 1.82) is 0 Å². The molecule has 1 aliphatic rings. The van der Waals surface area contributed by atoms with Gasteiger partial charge in [0.2, 0.25) is 0 Å². The zero-order valence-corrected chi connectivity index (χ0v) is 12.9. The molecule has 0 heterocycles. The second-order valence-electron chi connectivity index (χ2n) is 6.44. The van der Waals surface area contributed by atoms with Crippen molar-refractivity contribution in [1.82, 2.24) is 0 Å². The molecule has 2 N–H and O–H groups in total. The first-order valence-electron chi connectivity index (χ1n) is 7.60. The molecule has 0 amide bonds. The van der Waals surface area contributed by atoms with Crippen molar-refractivity contribution < 1.29 is 9.13 Å². The molecule has 0 aromatic heterocycles. The van der Waals surface area contributed by atoms with Crippen molar-refractivity contribution in [3.63, 3.8) is 0 Å². The predicted molar refractivity (Wildman–Crippen MR) is 80.3 cm³/mol. The third-order valence-corrected chi connectivity index (χ3v) is 4.63. The molecule has 1 fully saturated rings. The molecule has 2 rings (SSSR count). The van der Waals surface area contributed by atoms with Crippen LogP contribution < -0.4 is 10.5 Å². The maximum atomic E-state index is 13.7. The molecule has 0 aliphatic heterocycles. The Balaban J connectivity index is 2.18. The average Bonchev–Trinajstić information content (AvgIpc) is 2.37. The summed E-state index contributed by atoms with van der Waals surface area (Å²) in [4.78, 5) is 0. The highest BCUT2D eigenvalue weighted by Crippen LogP contribution is 2.34. The SMILES string of the molecule is Cc1cc(OC2CCC(C)C(C)C2)c([C@@H](C)N)cc1F. The molecule has 1 aliphatic carbocycles. The largest absolute Gasteiger partial charge is 0.490 e. The summed E-state index contributed by atoms with van der Waals surface area (Å²) < 4.78 is 19.9. The van der Waals surface area contributed by atoms with Crippen molar-refractivity contribution in [3.8, 4) is 5.75 Å². The van der Waals surface area contributed by atoms with E-state index < -0.39 is 0 Å². The fraction of sp³-hybridized carbons (Fsp3) is 0.647. The van der Waals surface area contributed by atoms with E-state index >= 15 is 0 Å². The van der Waals surface area contributed by atoms with Crippen LogP contribution in [0.15, 0.2) is 12.1 Å². The number of aryl methyl sites for hydroxylation is 1. The van der Waals surface area contributed by atoms with Crippen molar-refractivity contribution >= 4 is 0 Å². The molecule has 4 atom stereocenters. The third-order valence-electron chi connectivity index (χ3n) is 4.63. The van der Waals surface area contributed by atoms with Crippen LogP contribution in [-0.4, -0.2) is 6.10 Å². The molecule has 1 aromatic rings. The van der Waals surface area contributed by atoms with Crippen LogP contribution in [0.3, 0.4) is 0 Å². The second-order valence-corrected chi connectivity index (χ2v) is 6.44. The number of halogens is 1. The lowest BCUT2D eigenvalue weighted by Gasteiger charge is -2.33. The molecule has 3 heteroatoms. The number of hydrogen-bond acceptors (Lipinski definition) is 2. The van der Waals surface area contributed by atoms with E-state index in [0.29, 0.717) is 11.5 Å². The first kappa shape index (κ1) is 15.3. The van der Waals surface area contributed by atoms with Crippen LogP contribution in [0.2, 0.25) is 0 Å². The lowest BCUT2D eigenvalue weighted by Crippen LogP contribution is -2.29. The van der Waals surface area contributed by atoms with Gasteiger partial charge in [0.25, 0.3) is 0 Å². The maximum absolute atomic E-state index is 13.7. The van der Waals surface area contributed by atoms with Crippen molar-refractivity contribution in [2.24, 2.45) is 17.6 Å². The van der Waals surface area contributed by atoms with E-state index in [1.807, 2.05) is 6.92 Å². The Morgan fingerprint density at radius 1 is 1.25 bits per heavy atom. The van der Waals surface area contributed by atoms with E-state index in [2.05, 4.69) is 13.8 Å².